The first-order valence-corrected chi connectivity index (χ1v) is 9.33. The molecule has 0 bridgehead atoms. The van der Waals surface area contributed by atoms with Crippen LogP contribution in [0.3, 0.4) is 0 Å². The summed E-state index contributed by atoms with van der Waals surface area (Å²) in [7, 11) is -0.319. The first kappa shape index (κ1) is 21.4. The Morgan fingerprint density at radius 3 is 2.30 bits per heavy atom. The average Bonchev–Trinajstić information content (AvgIpc) is 2.58. The number of aryl methyl sites for hydroxylation is 1. The predicted molar refractivity (Wildman–Crippen MR) is 105 cm³/mol. The highest BCUT2D eigenvalue weighted by Gasteiger charge is 2.33. The Labute approximate surface area is 162 Å². The fourth-order valence-electron chi connectivity index (χ4n) is 3.00. The third-order valence-corrected chi connectivity index (χ3v) is 4.54. The summed E-state index contributed by atoms with van der Waals surface area (Å²) in [4.78, 5) is 22.6. The molecule has 1 fully saturated rings. The second-order valence-corrected chi connectivity index (χ2v) is 8.38. The van der Waals surface area contributed by atoms with Crippen molar-refractivity contribution < 1.29 is 23.6 Å². The highest BCUT2D eigenvalue weighted by atomic mass is 16.6. The number of hydrogen-bond acceptors (Lipinski definition) is 5. The summed E-state index contributed by atoms with van der Waals surface area (Å²) >= 11 is 0. The lowest BCUT2D eigenvalue weighted by molar-refractivity contribution is -0.144. The van der Waals surface area contributed by atoms with E-state index in [1.807, 2.05) is 31.2 Å². The van der Waals surface area contributed by atoms with Gasteiger partial charge in [0.25, 0.3) is 0 Å². The van der Waals surface area contributed by atoms with Crippen LogP contribution in [0.4, 0.5) is 0 Å². The van der Waals surface area contributed by atoms with Crippen molar-refractivity contribution in [2.45, 2.75) is 53.0 Å². The van der Waals surface area contributed by atoms with Gasteiger partial charge in [0.2, 0.25) is 5.91 Å². The van der Waals surface area contributed by atoms with E-state index in [1.54, 1.807) is 0 Å². The van der Waals surface area contributed by atoms with Crippen LogP contribution in [0.1, 0.15) is 46.6 Å². The molecular weight excluding hydrogens is 345 g/mol. The number of carbonyl (C=O) groups excluding carboxylic acids is 2. The number of ether oxygens (including phenoxy) is 1. The van der Waals surface area contributed by atoms with Gasteiger partial charge in [0, 0.05) is 32.5 Å². The highest BCUT2D eigenvalue weighted by Crippen LogP contribution is 2.21. The van der Waals surface area contributed by atoms with E-state index in [4.69, 9.17) is 14.0 Å². The van der Waals surface area contributed by atoms with Crippen LogP contribution in [0.15, 0.2) is 24.3 Å². The Morgan fingerprint density at radius 2 is 1.78 bits per heavy atom. The van der Waals surface area contributed by atoms with Gasteiger partial charge in [-0.25, -0.2) is 0 Å². The standard InChI is InChI=1S/C20H30BNO5/c1-15(23)22-20(5,14-25-16(2)24)11-10-17-6-8-18(9-7-17)21-26-12-19(3,4)13-27-21/h6-9H,10-14H2,1-5H3,(H,22,23). The van der Waals surface area contributed by atoms with E-state index in [0.717, 1.165) is 17.4 Å². The van der Waals surface area contributed by atoms with Crippen LogP contribution in [-0.2, 0) is 30.1 Å². The molecule has 1 saturated heterocycles. The Kier molecular flexibility index (Phi) is 7.06. The van der Waals surface area contributed by atoms with Crippen molar-refractivity contribution in [2.24, 2.45) is 5.41 Å². The molecule has 1 aliphatic rings. The summed E-state index contributed by atoms with van der Waals surface area (Å²) < 4.78 is 16.8. The molecule has 6 nitrogen and oxygen atoms in total. The van der Waals surface area contributed by atoms with E-state index in [9.17, 15) is 9.59 Å². The predicted octanol–water partition coefficient (Wildman–Crippen LogP) is 1.85. The second-order valence-electron chi connectivity index (χ2n) is 8.38. The Balaban J connectivity index is 1.94. The van der Waals surface area contributed by atoms with Gasteiger partial charge in [-0.05, 0) is 30.8 Å². The summed E-state index contributed by atoms with van der Waals surface area (Å²) in [5.41, 5.74) is 1.58. The molecule has 1 unspecified atom stereocenters. The van der Waals surface area contributed by atoms with E-state index in [0.29, 0.717) is 19.6 Å². The molecule has 1 aromatic rings. The van der Waals surface area contributed by atoms with Crippen LogP contribution in [0, 0.1) is 5.41 Å². The van der Waals surface area contributed by atoms with Crippen LogP contribution in [0.5, 0.6) is 0 Å². The van der Waals surface area contributed by atoms with Crippen molar-refractivity contribution in [3.8, 4) is 0 Å². The molecule has 1 aromatic carbocycles. The molecule has 1 N–H and O–H groups in total. The largest absolute Gasteiger partial charge is 0.493 e. The van der Waals surface area contributed by atoms with Gasteiger partial charge in [0.15, 0.2) is 0 Å². The van der Waals surface area contributed by atoms with Gasteiger partial charge in [0.05, 0.1) is 5.54 Å². The van der Waals surface area contributed by atoms with Crippen molar-refractivity contribution in [3.63, 3.8) is 0 Å². The van der Waals surface area contributed by atoms with E-state index in [2.05, 4.69) is 19.2 Å². The third-order valence-electron chi connectivity index (χ3n) is 4.54. The topological polar surface area (TPSA) is 73.9 Å². The molecule has 1 heterocycles. The number of benzene rings is 1. The summed E-state index contributed by atoms with van der Waals surface area (Å²) in [5.74, 6) is -0.499. The maximum absolute atomic E-state index is 11.5. The molecule has 0 spiro atoms. The lowest BCUT2D eigenvalue weighted by Gasteiger charge is -2.33. The molecular formula is C20H30BNO5. The summed E-state index contributed by atoms with van der Waals surface area (Å²) in [5, 5.41) is 2.90. The minimum Gasteiger partial charge on any atom is -0.463 e. The Hall–Kier alpha value is -1.86. The molecule has 27 heavy (non-hydrogen) atoms. The van der Waals surface area contributed by atoms with Crippen LogP contribution in [-0.4, -0.2) is 44.4 Å². The summed E-state index contributed by atoms with van der Waals surface area (Å²) in [6, 6.07) is 8.11. The monoisotopic (exact) mass is 375 g/mol. The van der Waals surface area contributed by atoms with Crippen molar-refractivity contribution in [1.82, 2.24) is 5.32 Å². The lowest BCUT2D eigenvalue weighted by atomic mass is 9.75. The number of rotatable bonds is 7. The zero-order chi connectivity index (χ0) is 20.1. The zero-order valence-corrected chi connectivity index (χ0v) is 17.0. The molecule has 1 amide bonds. The van der Waals surface area contributed by atoms with E-state index in [-0.39, 0.29) is 31.0 Å². The quantitative estimate of drug-likeness (QED) is 0.582. The van der Waals surface area contributed by atoms with Crippen molar-refractivity contribution in [3.05, 3.63) is 29.8 Å². The van der Waals surface area contributed by atoms with Crippen molar-refractivity contribution >= 4 is 24.5 Å². The van der Waals surface area contributed by atoms with Gasteiger partial charge in [0.1, 0.15) is 6.61 Å². The van der Waals surface area contributed by atoms with Gasteiger partial charge in [-0.3, -0.25) is 9.59 Å². The smallest absolute Gasteiger partial charge is 0.463 e. The average molecular weight is 375 g/mol. The van der Waals surface area contributed by atoms with E-state index >= 15 is 0 Å². The second kappa shape index (κ2) is 8.89. The number of amides is 1. The van der Waals surface area contributed by atoms with E-state index < -0.39 is 5.54 Å². The number of nitrogens with one attached hydrogen (secondary N) is 1. The highest BCUT2D eigenvalue weighted by molar-refractivity contribution is 6.61. The van der Waals surface area contributed by atoms with Gasteiger partial charge < -0.3 is 19.4 Å². The summed E-state index contributed by atoms with van der Waals surface area (Å²) in [6.45, 7) is 10.4. The number of carbonyl (C=O) groups is 2. The van der Waals surface area contributed by atoms with Gasteiger partial charge in [-0.1, -0.05) is 38.1 Å². The molecule has 1 atom stereocenters. The van der Waals surface area contributed by atoms with Gasteiger partial charge in [-0.15, -0.1) is 0 Å². The van der Waals surface area contributed by atoms with Crippen LogP contribution < -0.4 is 10.8 Å². The minimum atomic E-state index is -0.600. The van der Waals surface area contributed by atoms with Gasteiger partial charge >= 0.3 is 13.1 Å². The Bertz CT molecular complexity index is 651. The van der Waals surface area contributed by atoms with Gasteiger partial charge in [-0.2, -0.15) is 0 Å². The molecule has 1 aliphatic heterocycles. The molecule has 148 valence electrons. The normalized spacial score (nSPS) is 18.5. The molecule has 0 radical (unpaired) electrons. The molecule has 0 saturated carbocycles. The third kappa shape index (κ3) is 6.99. The fraction of sp³-hybridized carbons (Fsp3) is 0.600. The number of hydrogen-bond donors (Lipinski definition) is 1. The lowest BCUT2D eigenvalue weighted by Crippen LogP contribution is -2.49. The first-order chi connectivity index (χ1) is 12.6. The van der Waals surface area contributed by atoms with E-state index in [1.165, 1.54) is 13.8 Å². The molecule has 2 rings (SSSR count). The first-order valence-electron chi connectivity index (χ1n) is 9.33. The maximum Gasteiger partial charge on any atom is 0.493 e. The molecule has 0 aliphatic carbocycles. The van der Waals surface area contributed by atoms with Crippen molar-refractivity contribution in [2.75, 3.05) is 19.8 Å². The van der Waals surface area contributed by atoms with Crippen LogP contribution in [0.25, 0.3) is 0 Å². The number of esters is 1. The maximum atomic E-state index is 11.5. The van der Waals surface area contributed by atoms with Crippen molar-refractivity contribution in [1.29, 1.82) is 0 Å². The minimum absolute atomic E-state index is 0.0482. The Morgan fingerprint density at radius 1 is 1.19 bits per heavy atom. The zero-order valence-electron chi connectivity index (χ0n) is 17.0. The van der Waals surface area contributed by atoms with Crippen LogP contribution in [0.2, 0.25) is 0 Å². The fourth-order valence-corrected chi connectivity index (χ4v) is 3.00. The summed E-state index contributed by atoms with van der Waals surface area (Å²) in [6.07, 6.45) is 1.40. The molecule has 7 heteroatoms. The van der Waals surface area contributed by atoms with Crippen LogP contribution >= 0.6 is 0 Å². The molecule has 0 aromatic heterocycles. The SMILES string of the molecule is CC(=O)NC(C)(CCc1ccc(B2OCC(C)(C)CO2)cc1)COC(C)=O.